The van der Waals surface area contributed by atoms with Crippen molar-refractivity contribution in [1.29, 1.82) is 0 Å². The molecule has 1 aliphatic heterocycles. The number of amides is 1. The molecule has 0 atom stereocenters. The van der Waals surface area contributed by atoms with E-state index in [9.17, 15) is 4.79 Å². The number of aliphatic imine (C=N–C) groups is 1. The fourth-order valence-corrected chi connectivity index (χ4v) is 3.51. The maximum Gasteiger partial charge on any atom is 0.409 e. The van der Waals surface area contributed by atoms with Crippen LogP contribution in [0, 0.1) is 0 Å². The maximum atomic E-state index is 11.6. The maximum absolute atomic E-state index is 11.6. The van der Waals surface area contributed by atoms with Crippen LogP contribution in [0.2, 0.25) is 0 Å². The predicted octanol–water partition coefficient (Wildman–Crippen LogP) is 4.39. The predicted molar refractivity (Wildman–Crippen MR) is 140 cm³/mol. The molecule has 0 bridgehead atoms. The highest BCUT2D eigenvalue weighted by Crippen LogP contribution is 2.30. The van der Waals surface area contributed by atoms with Gasteiger partial charge in [-0.05, 0) is 49.6 Å². The highest BCUT2D eigenvalue weighted by Gasteiger charge is 2.23. The normalized spacial score (nSPS) is 14.2. The van der Waals surface area contributed by atoms with Crippen LogP contribution >= 0.6 is 24.0 Å². The summed E-state index contributed by atoms with van der Waals surface area (Å²) in [5.41, 5.74) is 1.08. The Kier molecular flexibility index (Phi) is 11.1. The summed E-state index contributed by atoms with van der Waals surface area (Å²) < 4.78 is 16.1. The van der Waals surface area contributed by atoms with Crippen LogP contribution in [0.25, 0.3) is 0 Å². The first-order valence-corrected chi connectivity index (χ1v) is 10.9. The first-order valence-electron chi connectivity index (χ1n) is 10.9. The number of guanidine groups is 1. The van der Waals surface area contributed by atoms with Crippen LogP contribution in [0.3, 0.4) is 0 Å². The molecule has 0 aromatic heterocycles. The van der Waals surface area contributed by atoms with Crippen molar-refractivity contribution in [2.75, 3.05) is 33.9 Å². The van der Waals surface area contributed by atoms with E-state index in [-0.39, 0.29) is 36.1 Å². The Morgan fingerprint density at radius 3 is 2.33 bits per heavy atom. The summed E-state index contributed by atoms with van der Waals surface area (Å²) in [6.45, 7) is 4.72. The third-order valence-corrected chi connectivity index (χ3v) is 5.25. The average molecular weight is 568 g/mol. The van der Waals surface area contributed by atoms with Crippen molar-refractivity contribution in [3.05, 3.63) is 54.1 Å². The molecule has 2 aromatic carbocycles. The molecule has 0 spiro atoms. The molecule has 0 radical (unpaired) electrons. The zero-order valence-electron chi connectivity index (χ0n) is 19.4. The van der Waals surface area contributed by atoms with Crippen LogP contribution < -0.4 is 20.1 Å². The second kappa shape index (κ2) is 13.8. The topological polar surface area (TPSA) is 84.4 Å². The van der Waals surface area contributed by atoms with Gasteiger partial charge in [0, 0.05) is 25.7 Å². The Labute approximate surface area is 212 Å². The Hall–Kier alpha value is -2.69. The first kappa shape index (κ1) is 26.6. The van der Waals surface area contributed by atoms with E-state index in [0.29, 0.717) is 31.1 Å². The van der Waals surface area contributed by atoms with Gasteiger partial charge < -0.3 is 29.7 Å². The van der Waals surface area contributed by atoms with E-state index in [1.54, 1.807) is 12.0 Å². The monoisotopic (exact) mass is 568 g/mol. The average Bonchev–Trinajstić information content (AvgIpc) is 2.84. The molecule has 180 valence electrons. The van der Waals surface area contributed by atoms with Gasteiger partial charge >= 0.3 is 6.09 Å². The number of carbonyl (C=O) groups is 1. The molecule has 3 rings (SSSR count). The van der Waals surface area contributed by atoms with Gasteiger partial charge in [-0.1, -0.05) is 24.3 Å². The van der Waals surface area contributed by atoms with E-state index in [2.05, 4.69) is 10.6 Å². The van der Waals surface area contributed by atoms with E-state index in [4.69, 9.17) is 19.2 Å². The fourth-order valence-electron chi connectivity index (χ4n) is 3.51. The Morgan fingerprint density at radius 2 is 1.73 bits per heavy atom. The molecule has 9 heteroatoms. The molecule has 0 unspecified atom stereocenters. The number of benzene rings is 2. The van der Waals surface area contributed by atoms with Gasteiger partial charge in [-0.3, -0.25) is 0 Å². The number of likely N-dealkylation sites (tertiary alicyclic amines) is 1. The van der Waals surface area contributed by atoms with Crippen molar-refractivity contribution in [2.24, 2.45) is 4.99 Å². The molecule has 8 nitrogen and oxygen atoms in total. The lowest BCUT2D eigenvalue weighted by Crippen LogP contribution is -2.49. The molecule has 1 heterocycles. The highest BCUT2D eigenvalue weighted by molar-refractivity contribution is 14.0. The van der Waals surface area contributed by atoms with Crippen molar-refractivity contribution in [1.82, 2.24) is 15.5 Å². The lowest BCUT2D eigenvalue weighted by atomic mass is 10.1. The zero-order valence-corrected chi connectivity index (χ0v) is 21.7. The standard InChI is InChI=1S/C24H32N4O4.HI/c1-4-25-23(27-19-13-15-28(16-14-19)24(29)31-3)26-17-18-9-11-20(12-10-18)32-22-8-6-5-7-21(22)30-2;/h5-12,19H,4,13-17H2,1-3H3,(H2,25,26,27);1H. The van der Waals surface area contributed by atoms with E-state index in [0.717, 1.165) is 36.7 Å². The minimum Gasteiger partial charge on any atom is -0.493 e. The third kappa shape index (κ3) is 7.99. The Morgan fingerprint density at radius 1 is 1.06 bits per heavy atom. The lowest BCUT2D eigenvalue weighted by molar-refractivity contribution is 0.111. The van der Waals surface area contributed by atoms with Gasteiger partial charge in [-0.15, -0.1) is 24.0 Å². The number of methoxy groups -OCH3 is 2. The van der Waals surface area contributed by atoms with Crippen LogP contribution in [0.1, 0.15) is 25.3 Å². The van der Waals surface area contributed by atoms with Gasteiger partial charge in [-0.2, -0.15) is 0 Å². The van der Waals surface area contributed by atoms with E-state index < -0.39 is 0 Å². The number of nitrogens with zero attached hydrogens (tertiary/aromatic N) is 2. The number of ether oxygens (including phenoxy) is 3. The van der Waals surface area contributed by atoms with Crippen LogP contribution in [-0.2, 0) is 11.3 Å². The molecular formula is C24H33IN4O4. The Balaban J connectivity index is 0.00000385. The van der Waals surface area contributed by atoms with Gasteiger partial charge in [0.05, 0.1) is 20.8 Å². The van der Waals surface area contributed by atoms with Gasteiger partial charge in [0.25, 0.3) is 0 Å². The quantitative estimate of drug-likeness (QED) is 0.293. The van der Waals surface area contributed by atoms with Crippen molar-refractivity contribution in [2.45, 2.75) is 32.4 Å². The van der Waals surface area contributed by atoms with E-state index in [1.165, 1.54) is 7.11 Å². The van der Waals surface area contributed by atoms with Crippen molar-refractivity contribution in [3.63, 3.8) is 0 Å². The molecule has 0 aliphatic carbocycles. The number of rotatable bonds is 7. The second-order valence-corrected chi connectivity index (χ2v) is 7.47. The molecule has 33 heavy (non-hydrogen) atoms. The Bertz CT molecular complexity index is 900. The van der Waals surface area contributed by atoms with E-state index >= 15 is 0 Å². The number of hydrogen-bond donors (Lipinski definition) is 2. The lowest BCUT2D eigenvalue weighted by Gasteiger charge is -2.32. The summed E-state index contributed by atoms with van der Waals surface area (Å²) in [6.07, 6.45) is 1.45. The van der Waals surface area contributed by atoms with E-state index in [1.807, 2.05) is 55.5 Å². The first-order chi connectivity index (χ1) is 15.6. The highest BCUT2D eigenvalue weighted by atomic mass is 127. The summed E-state index contributed by atoms with van der Waals surface area (Å²) in [6, 6.07) is 15.7. The SMILES string of the molecule is CCNC(=NCc1ccc(Oc2ccccc2OC)cc1)NC1CCN(C(=O)OC)CC1.I. The largest absolute Gasteiger partial charge is 0.493 e. The molecular weight excluding hydrogens is 535 g/mol. The number of piperidine rings is 1. The number of carbonyl (C=O) groups excluding carboxylic acids is 1. The van der Waals surface area contributed by atoms with Gasteiger partial charge in [0.2, 0.25) is 0 Å². The molecule has 1 saturated heterocycles. The van der Waals surface area contributed by atoms with Crippen LogP contribution in [0.5, 0.6) is 17.2 Å². The number of hydrogen-bond acceptors (Lipinski definition) is 5. The molecule has 1 aliphatic rings. The van der Waals surface area contributed by atoms with Crippen LogP contribution in [0.4, 0.5) is 4.79 Å². The summed E-state index contributed by atoms with van der Waals surface area (Å²) in [5, 5.41) is 6.78. The van der Waals surface area contributed by atoms with Crippen LogP contribution in [0.15, 0.2) is 53.5 Å². The number of halogens is 1. The number of nitrogens with one attached hydrogen (secondary N) is 2. The summed E-state index contributed by atoms with van der Waals surface area (Å²) >= 11 is 0. The van der Waals surface area contributed by atoms with Gasteiger partial charge in [0.1, 0.15) is 5.75 Å². The third-order valence-electron chi connectivity index (χ3n) is 5.25. The molecule has 1 fully saturated rings. The van der Waals surface area contributed by atoms with Gasteiger partial charge in [-0.25, -0.2) is 9.79 Å². The molecule has 0 saturated carbocycles. The fraction of sp³-hybridized carbons (Fsp3) is 0.417. The minimum absolute atomic E-state index is 0. The van der Waals surface area contributed by atoms with Crippen LogP contribution in [-0.4, -0.2) is 56.8 Å². The zero-order chi connectivity index (χ0) is 22.8. The van der Waals surface area contributed by atoms with Gasteiger partial charge in [0.15, 0.2) is 17.5 Å². The summed E-state index contributed by atoms with van der Waals surface area (Å²) in [5.74, 6) is 2.89. The molecule has 2 aromatic rings. The smallest absolute Gasteiger partial charge is 0.409 e. The second-order valence-electron chi connectivity index (χ2n) is 7.47. The summed E-state index contributed by atoms with van der Waals surface area (Å²) in [7, 11) is 3.04. The minimum atomic E-state index is -0.262. The molecule has 2 N–H and O–H groups in total. The summed E-state index contributed by atoms with van der Waals surface area (Å²) in [4.78, 5) is 18.1. The van der Waals surface area contributed by atoms with Crippen molar-refractivity contribution in [3.8, 4) is 17.2 Å². The van der Waals surface area contributed by atoms with Crippen molar-refractivity contribution >= 4 is 36.0 Å². The molecule has 1 amide bonds. The van der Waals surface area contributed by atoms with Crippen molar-refractivity contribution < 1.29 is 19.0 Å². The number of para-hydroxylation sites is 2.